The Morgan fingerprint density at radius 1 is 1.32 bits per heavy atom. The lowest BCUT2D eigenvalue weighted by atomic mass is 9.96. The molecule has 0 spiro atoms. The number of nitrogens with zero attached hydrogens (tertiary/aromatic N) is 1. The molecule has 3 rings (SSSR count). The number of hydrogen-bond donors (Lipinski definition) is 3. The summed E-state index contributed by atoms with van der Waals surface area (Å²) in [5.41, 5.74) is 0.581. The lowest BCUT2D eigenvalue weighted by molar-refractivity contribution is -0.121. The van der Waals surface area contributed by atoms with E-state index in [4.69, 9.17) is 0 Å². The Kier molecular flexibility index (Phi) is 6.17. The van der Waals surface area contributed by atoms with Crippen LogP contribution in [0.1, 0.15) is 37.9 Å². The van der Waals surface area contributed by atoms with E-state index < -0.39 is 0 Å². The van der Waals surface area contributed by atoms with E-state index >= 15 is 0 Å². The van der Waals surface area contributed by atoms with Gasteiger partial charge in [-0.15, -0.1) is 0 Å². The molecule has 1 unspecified atom stereocenters. The van der Waals surface area contributed by atoms with E-state index in [0.717, 1.165) is 26.1 Å². The fourth-order valence-electron chi connectivity index (χ4n) is 3.34. The van der Waals surface area contributed by atoms with Crippen LogP contribution < -0.4 is 16.2 Å². The van der Waals surface area contributed by atoms with Crippen molar-refractivity contribution in [3.63, 3.8) is 0 Å². The van der Waals surface area contributed by atoms with Crippen LogP contribution in [0.3, 0.4) is 0 Å². The number of hydrogen-bond acceptors (Lipinski definition) is 4. The Morgan fingerprint density at radius 2 is 2.20 bits per heavy atom. The molecule has 1 aromatic heterocycles. The summed E-state index contributed by atoms with van der Waals surface area (Å²) in [5, 5.41) is 6.99. The molecule has 1 fully saturated rings. The van der Waals surface area contributed by atoms with Gasteiger partial charge in [0.05, 0.1) is 10.9 Å². The maximum absolute atomic E-state index is 12.0. The van der Waals surface area contributed by atoms with Gasteiger partial charge in [0.2, 0.25) is 5.91 Å². The third kappa shape index (κ3) is 5.13. The number of carbonyl (C=O) groups excluding carboxylic acids is 1. The van der Waals surface area contributed by atoms with E-state index in [0.29, 0.717) is 41.9 Å². The summed E-state index contributed by atoms with van der Waals surface area (Å²) >= 11 is 0. The first kappa shape index (κ1) is 17.6. The number of para-hydroxylation sites is 1. The lowest BCUT2D eigenvalue weighted by Crippen LogP contribution is -2.33. The number of aryl methyl sites for hydroxylation is 1. The zero-order valence-corrected chi connectivity index (χ0v) is 14.5. The molecule has 1 aliphatic heterocycles. The van der Waals surface area contributed by atoms with Crippen molar-refractivity contribution < 1.29 is 4.79 Å². The van der Waals surface area contributed by atoms with E-state index in [2.05, 4.69) is 20.6 Å². The van der Waals surface area contributed by atoms with Crippen LogP contribution in [0.25, 0.3) is 10.9 Å². The Hall–Kier alpha value is -2.21. The fourth-order valence-corrected chi connectivity index (χ4v) is 3.34. The Bertz CT molecular complexity index is 765. The average molecular weight is 342 g/mol. The lowest BCUT2D eigenvalue weighted by Gasteiger charge is -2.22. The fraction of sp³-hybridized carbons (Fsp3) is 0.526. The van der Waals surface area contributed by atoms with Crippen molar-refractivity contribution in [2.24, 2.45) is 5.92 Å². The molecule has 0 aliphatic carbocycles. The highest BCUT2D eigenvalue weighted by molar-refractivity contribution is 5.77. The summed E-state index contributed by atoms with van der Waals surface area (Å²) in [6.07, 6.45) is 5.26. The molecule has 6 nitrogen and oxygen atoms in total. The molecule has 134 valence electrons. The number of benzene rings is 1. The molecule has 2 aromatic rings. The smallest absolute Gasteiger partial charge is 0.258 e. The van der Waals surface area contributed by atoms with Crippen molar-refractivity contribution in [2.75, 3.05) is 19.6 Å². The minimum atomic E-state index is -0.119. The molecule has 25 heavy (non-hydrogen) atoms. The SMILES string of the molecule is O=C(CCCc1nc2ccccc2c(=O)[nH]1)NCCC1CCCNC1. The van der Waals surface area contributed by atoms with Gasteiger partial charge in [0, 0.05) is 19.4 Å². The van der Waals surface area contributed by atoms with Crippen molar-refractivity contribution in [1.29, 1.82) is 0 Å². The second-order valence-corrected chi connectivity index (χ2v) is 6.73. The van der Waals surface area contributed by atoms with E-state index in [1.54, 1.807) is 6.07 Å². The predicted octanol–water partition coefficient (Wildman–Crippen LogP) is 1.75. The van der Waals surface area contributed by atoms with Crippen LogP contribution in [0.2, 0.25) is 0 Å². The van der Waals surface area contributed by atoms with Crippen molar-refractivity contribution in [3.05, 3.63) is 40.4 Å². The first-order valence-electron chi connectivity index (χ1n) is 9.18. The molecule has 2 heterocycles. The molecular formula is C19H26N4O2. The zero-order chi connectivity index (χ0) is 17.5. The molecule has 1 atom stereocenters. The summed E-state index contributed by atoms with van der Waals surface area (Å²) in [4.78, 5) is 31.2. The molecule has 1 saturated heterocycles. The quantitative estimate of drug-likeness (QED) is 0.715. The molecule has 3 N–H and O–H groups in total. The second kappa shape index (κ2) is 8.76. The van der Waals surface area contributed by atoms with Gasteiger partial charge in [0.1, 0.15) is 5.82 Å². The van der Waals surface area contributed by atoms with Gasteiger partial charge in [0.25, 0.3) is 5.56 Å². The maximum Gasteiger partial charge on any atom is 0.258 e. The number of H-pyrrole nitrogens is 1. The van der Waals surface area contributed by atoms with Gasteiger partial charge in [-0.3, -0.25) is 9.59 Å². The van der Waals surface area contributed by atoms with Crippen LogP contribution in [-0.4, -0.2) is 35.5 Å². The topological polar surface area (TPSA) is 86.9 Å². The molecule has 0 bridgehead atoms. The summed E-state index contributed by atoms with van der Waals surface area (Å²) in [6, 6.07) is 7.29. The van der Waals surface area contributed by atoms with Gasteiger partial charge in [0.15, 0.2) is 0 Å². The molecule has 0 saturated carbocycles. The highest BCUT2D eigenvalue weighted by Gasteiger charge is 2.12. The number of carbonyl (C=O) groups is 1. The van der Waals surface area contributed by atoms with Gasteiger partial charge in [-0.1, -0.05) is 12.1 Å². The van der Waals surface area contributed by atoms with Crippen molar-refractivity contribution >= 4 is 16.8 Å². The summed E-state index contributed by atoms with van der Waals surface area (Å²) in [7, 11) is 0. The minimum Gasteiger partial charge on any atom is -0.356 e. The molecule has 6 heteroatoms. The van der Waals surface area contributed by atoms with Gasteiger partial charge in [-0.2, -0.15) is 0 Å². The highest BCUT2D eigenvalue weighted by Crippen LogP contribution is 2.13. The summed E-state index contributed by atoms with van der Waals surface area (Å²) in [6.45, 7) is 2.93. The standard InChI is InChI=1S/C19H26N4O2/c24-18(21-12-10-14-5-4-11-20-13-14)9-3-8-17-22-16-7-2-1-6-15(16)19(25)23-17/h1-2,6-7,14,20H,3-5,8-13H2,(H,21,24)(H,22,23,25). The Labute approximate surface area is 147 Å². The zero-order valence-electron chi connectivity index (χ0n) is 14.5. The van der Waals surface area contributed by atoms with Crippen LogP contribution in [-0.2, 0) is 11.2 Å². The number of fused-ring (bicyclic) bond motifs is 1. The van der Waals surface area contributed by atoms with Crippen LogP contribution in [0.4, 0.5) is 0 Å². The first-order valence-corrected chi connectivity index (χ1v) is 9.18. The van der Waals surface area contributed by atoms with Crippen molar-refractivity contribution in [2.45, 2.75) is 38.5 Å². The number of rotatable bonds is 7. The number of aromatic amines is 1. The average Bonchev–Trinajstić information content (AvgIpc) is 2.63. The van der Waals surface area contributed by atoms with Gasteiger partial charge < -0.3 is 15.6 Å². The summed E-state index contributed by atoms with van der Waals surface area (Å²) in [5.74, 6) is 1.40. The molecule has 1 aliphatic rings. The normalized spacial score (nSPS) is 17.5. The Morgan fingerprint density at radius 3 is 3.04 bits per heavy atom. The van der Waals surface area contributed by atoms with Gasteiger partial charge >= 0.3 is 0 Å². The third-order valence-electron chi connectivity index (χ3n) is 4.75. The second-order valence-electron chi connectivity index (χ2n) is 6.73. The third-order valence-corrected chi connectivity index (χ3v) is 4.75. The van der Waals surface area contributed by atoms with Gasteiger partial charge in [-0.05, 0) is 56.8 Å². The number of aromatic nitrogens is 2. The number of nitrogens with one attached hydrogen (secondary N) is 3. The Balaban J connectivity index is 1.40. The predicted molar refractivity (Wildman–Crippen MR) is 98.5 cm³/mol. The molecular weight excluding hydrogens is 316 g/mol. The minimum absolute atomic E-state index is 0.0758. The first-order chi connectivity index (χ1) is 12.2. The summed E-state index contributed by atoms with van der Waals surface area (Å²) < 4.78 is 0. The molecule has 0 radical (unpaired) electrons. The molecule has 1 aromatic carbocycles. The van der Waals surface area contributed by atoms with Crippen molar-refractivity contribution in [1.82, 2.24) is 20.6 Å². The monoisotopic (exact) mass is 342 g/mol. The number of piperidine rings is 1. The van der Waals surface area contributed by atoms with Crippen LogP contribution >= 0.6 is 0 Å². The van der Waals surface area contributed by atoms with Crippen LogP contribution in [0.15, 0.2) is 29.1 Å². The van der Waals surface area contributed by atoms with Crippen LogP contribution in [0, 0.1) is 5.92 Å². The van der Waals surface area contributed by atoms with Crippen molar-refractivity contribution in [3.8, 4) is 0 Å². The van der Waals surface area contributed by atoms with E-state index in [-0.39, 0.29) is 11.5 Å². The highest BCUT2D eigenvalue weighted by atomic mass is 16.1. The molecule has 1 amide bonds. The van der Waals surface area contributed by atoms with E-state index in [1.807, 2.05) is 18.2 Å². The van der Waals surface area contributed by atoms with Gasteiger partial charge in [-0.25, -0.2) is 4.98 Å². The van der Waals surface area contributed by atoms with E-state index in [1.165, 1.54) is 12.8 Å². The van der Waals surface area contributed by atoms with E-state index in [9.17, 15) is 9.59 Å². The maximum atomic E-state index is 12.0. The van der Waals surface area contributed by atoms with Crippen LogP contribution in [0.5, 0.6) is 0 Å². The largest absolute Gasteiger partial charge is 0.356 e. The number of amides is 1.